The molecule has 0 fully saturated rings. The van der Waals surface area contributed by atoms with Gasteiger partial charge in [0.15, 0.2) is 0 Å². The zero-order valence-electron chi connectivity index (χ0n) is 9.33. The molecule has 0 aliphatic rings. The maximum atomic E-state index is 4.14. The molecule has 0 aliphatic carbocycles. The summed E-state index contributed by atoms with van der Waals surface area (Å²) < 4.78 is 0. The lowest BCUT2D eigenvalue weighted by molar-refractivity contribution is 0.449. The van der Waals surface area contributed by atoms with Crippen LogP contribution in [0.25, 0.3) is 0 Å². The van der Waals surface area contributed by atoms with Gasteiger partial charge in [-0.1, -0.05) is 18.6 Å². The number of hydrazone groups is 1. The van der Waals surface area contributed by atoms with Crippen LogP contribution in [0, 0.1) is 0 Å². The molecular formula is C11H20N2. The zero-order valence-corrected chi connectivity index (χ0v) is 9.33. The van der Waals surface area contributed by atoms with Crippen LogP contribution in [0.4, 0.5) is 0 Å². The molecule has 0 N–H and O–H groups in total. The van der Waals surface area contributed by atoms with Gasteiger partial charge in [0.2, 0.25) is 0 Å². The highest BCUT2D eigenvalue weighted by molar-refractivity contribution is 5.52. The fourth-order valence-electron chi connectivity index (χ4n) is 0.753. The summed E-state index contributed by atoms with van der Waals surface area (Å²) in [6.45, 7) is 8.25. The van der Waals surface area contributed by atoms with E-state index >= 15 is 0 Å². The molecule has 13 heavy (non-hydrogen) atoms. The highest BCUT2D eigenvalue weighted by atomic mass is 15.4. The minimum absolute atomic E-state index is 1.10. The highest BCUT2D eigenvalue weighted by Gasteiger charge is 1.91. The third-order valence-electron chi connectivity index (χ3n) is 1.97. The predicted molar refractivity (Wildman–Crippen MR) is 59.7 cm³/mol. The minimum atomic E-state index is 1.10. The van der Waals surface area contributed by atoms with Crippen LogP contribution in [0.3, 0.4) is 0 Å². The largest absolute Gasteiger partial charge is 0.273 e. The fourth-order valence-corrected chi connectivity index (χ4v) is 0.753. The first kappa shape index (κ1) is 11.9. The molecule has 0 bridgehead atoms. The second-order valence-electron chi connectivity index (χ2n) is 3.07. The molecule has 0 unspecified atom stereocenters. The Labute approximate surface area is 81.6 Å². The Balaban J connectivity index is 4.32. The number of rotatable bonds is 4. The Kier molecular flexibility index (Phi) is 5.94. The highest BCUT2D eigenvalue weighted by Crippen LogP contribution is 2.04. The standard InChI is InChI=1S/C11H20N2/c1-6-10(3)8-9-11(4)13(5)12-7-2/h7-9H,6H2,1-5H3/b10-8-,11-9+,12-7-. The molecule has 2 heteroatoms. The van der Waals surface area contributed by atoms with Crippen LogP contribution in [0.2, 0.25) is 0 Å². The third kappa shape index (κ3) is 5.23. The summed E-state index contributed by atoms with van der Waals surface area (Å²) in [6, 6.07) is 0. The van der Waals surface area contributed by atoms with Crippen LogP contribution in [-0.4, -0.2) is 18.3 Å². The summed E-state index contributed by atoms with van der Waals surface area (Å²) in [5.74, 6) is 0. The normalized spacial score (nSPS) is 13.9. The van der Waals surface area contributed by atoms with E-state index in [1.54, 1.807) is 6.21 Å². The molecule has 0 radical (unpaired) electrons. The molecule has 0 aliphatic heterocycles. The quantitative estimate of drug-likeness (QED) is 0.368. The number of nitrogens with zero attached hydrogens (tertiary/aromatic N) is 2. The number of allylic oxidation sites excluding steroid dienone is 4. The monoisotopic (exact) mass is 180 g/mol. The van der Waals surface area contributed by atoms with E-state index in [0.717, 1.165) is 12.1 Å². The summed E-state index contributed by atoms with van der Waals surface area (Å²) in [7, 11) is 1.95. The van der Waals surface area contributed by atoms with Crippen molar-refractivity contribution in [2.75, 3.05) is 7.05 Å². The molecule has 0 aromatic carbocycles. The maximum Gasteiger partial charge on any atom is 0.0333 e. The molecule has 0 aromatic rings. The van der Waals surface area contributed by atoms with Crippen molar-refractivity contribution in [1.82, 2.24) is 5.01 Å². The molecule has 74 valence electrons. The second-order valence-corrected chi connectivity index (χ2v) is 3.07. The molecular weight excluding hydrogens is 160 g/mol. The van der Waals surface area contributed by atoms with Gasteiger partial charge in [-0.2, -0.15) is 5.10 Å². The zero-order chi connectivity index (χ0) is 10.3. The van der Waals surface area contributed by atoms with Gasteiger partial charge in [-0.05, 0) is 33.3 Å². The smallest absolute Gasteiger partial charge is 0.0333 e. The second kappa shape index (κ2) is 6.46. The van der Waals surface area contributed by atoms with Crippen LogP contribution in [0.1, 0.15) is 34.1 Å². The Morgan fingerprint density at radius 1 is 1.31 bits per heavy atom. The van der Waals surface area contributed by atoms with Gasteiger partial charge in [-0.15, -0.1) is 0 Å². The summed E-state index contributed by atoms with van der Waals surface area (Å²) >= 11 is 0. The Morgan fingerprint density at radius 3 is 2.38 bits per heavy atom. The maximum absolute atomic E-state index is 4.14. The summed E-state index contributed by atoms with van der Waals surface area (Å²) in [4.78, 5) is 0. The van der Waals surface area contributed by atoms with Crippen molar-refractivity contribution in [2.45, 2.75) is 34.1 Å². The molecule has 2 nitrogen and oxygen atoms in total. The van der Waals surface area contributed by atoms with Crippen LogP contribution < -0.4 is 0 Å². The molecule has 0 amide bonds. The summed E-state index contributed by atoms with van der Waals surface area (Å²) in [5.41, 5.74) is 2.53. The lowest BCUT2D eigenvalue weighted by Gasteiger charge is -2.11. The van der Waals surface area contributed by atoms with E-state index in [2.05, 4.69) is 31.1 Å². The van der Waals surface area contributed by atoms with Gasteiger partial charge in [0.1, 0.15) is 0 Å². The van der Waals surface area contributed by atoms with Crippen molar-refractivity contribution in [3.63, 3.8) is 0 Å². The van der Waals surface area contributed by atoms with Crippen LogP contribution in [-0.2, 0) is 0 Å². The van der Waals surface area contributed by atoms with Crippen molar-refractivity contribution in [1.29, 1.82) is 0 Å². The predicted octanol–water partition coefficient (Wildman–Crippen LogP) is 3.18. The third-order valence-corrected chi connectivity index (χ3v) is 1.97. The van der Waals surface area contributed by atoms with E-state index in [1.165, 1.54) is 5.57 Å². The molecule has 0 heterocycles. The van der Waals surface area contributed by atoms with E-state index in [4.69, 9.17) is 0 Å². The number of hydrogen-bond donors (Lipinski definition) is 0. The Hall–Kier alpha value is -1.05. The first-order valence-corrected chi connectivity index (χ1v) is 4.68. The van der Waals surface area contributed by atoms with Crippen molar-refractivity contribution in [2.24, 2.45) is 5.10 Å². The van der Waals surface area contributed by atoms with Crippen molar-refractivity contribution < 1.29 is 0 Å². The van der Waals surface area contributed by atoms with Crippen LogP contribution >= 0.6 is 0 Å². The summed E-state index contributed by atoms with van der Waals surface area (Å²) in [6.07, 6.45) is 7.11. The molecule has 0 rings (SSSR count). The van der Waals surface area contributed by atoms with E-state index < -0.39 is 0 Å². The number of hydrogen-bond acceptors (Lipinski definition) is 2. The lowest BCUT2D eigenvalue weighted by Crippen LogP contribution is -2.07. The molecule has 0 atom stereocenters. The fraction of sp³-hybridized carbons (Fsp3) is 0.545. The van der Waals surface area contributed by atoms with Gasteiger partial charge >= 0.3 is 0 Å². The van der Waals surface area contributed by atoms with Crippen molar-refractivity contribution in [3.05, 3.63) is 23.4 Å². The van der Waals surface area contributed by atoms with Gasteiger partial charge in [-0.3, -0.25) is 5.01 Å². The van der Waals surface area contributed by atoms with Gasteiger partial charge in [0.25, 0.3) is 0 Å². The topological polar surface area (TPSA) is 15.6 Å². The van der Waals surface area contributed by atoms with Gasteiger partial charge in [0, 0.05) is 19.0 Å². The molecule has 0 saturated carbocycles. The van der Waals surface area contributed by atoms with E-state index in [0.29, 0.717) is 0 Å². The van der Waals surface area contributed by atoms with Crippen LogP contribution in [0.5, 0.6) is 0 Å². The first-order valence-electron chi connectivity index (χ1n) is 4.68. The molecule has 0 saturated heterocycles. The van der Waals surface area contributed by atoms with Gasteiger partial charge < -0.3 is 0 Å². The van der Waals surface area contributed by atoms with E-state index in [9.17, 15) is 0 Å². The SMILES string of the molecule is C/C=N\N(C)/C(C)=C/C=C(/C)CC. The Morgan fingerprint density at radius 2 is 1.92 bits per heavy atom. The summed E-state index contributed by atoms with van der Waals surface area (Å²) in [5, 5.41) is 6.00. The van der Waals surface area contributed by atoms with Gasteiger partial charge in [0.05, 0.1) is 0 Å². The van der Waals surface area contributed by atoms with Crippen molar-refractivity contribution >= 4 is 6.21 Å². The lowest BCUT2D eigenvalue weighted by atomic mass is 10.2. The average Bonchev–Trinajstić information content (AvgIpc) is 2.13. The van der Waals surface area contributed by atoms with Crippen molar-refractivity contribution in [3.8, 4) is 0 Å². The molecule has 0 aromatic heterocycles. The van der Waals surface area contributed by atoms with E-state index in [-0.39, 0.29) is 0 Å². The van der Waals surface area contributed by atoms with Crippen LogP contribution in [0.15, 0.2) is 28.5 Å². The van der Waals surface area contributed by atoms with E-state index in [1.807, 2.05) is 25.9 Å². The average molecular weight is 180 g/mol. The first-order chi connectivity index (χ1) is 6.11. The minimum Gasteiger partial charge on any atom is -0.273 e. The molecule has 0 spiro atoms. The van der Waals surface area contributed by atoms with Gasteiger partial charge in [-0.25, -0.2) is 0 Å². The Bertz CT molecular complexity index is 224.